The fourth-order valence-electron chi connectivity index (χ4n) is 3.92. The standard InChI is InChI=1S/C32H25FN4O4S2/c1-41-24-14-15-26-28(18-24)43-32(36-26)37-29(38)19-42-25-9-5-8-23(17-25)34-31(40)27(16-20-10-12-22(33)13-11-20)35-30(39)21-6-3-2-4-7-21/h2-18H,19H2,1H3,(H,34,40)(H,35,39)(H,36,37,38)/b27-16-. The molecule has 1 heterocycles. The third-order valence-corrected chi connectivity index (χ3v) is 7.94. The number of halogens is 1. The highest BCUT2D eigenvalue weighted by Gasteiger charge is 2.16. The number of nitrogens with zero attached hydrogens (tertiary/aromatic N) is 1. The number of rotatable bonds is 10. The van der Waals surface area contributed by atoms with Gasteiger partial charge in [-0.15, -0.1) is 11.8 Å². The zero-order valence-corrected chi connectivity index (χ0v) is 24.4. The van der Waals surface area contributed by atoms with Crippen LogP contribution in [-0.2, 0) is 9.59 Å². The average Bonchev–Trinajstić information content (AvgIpc) is 3.42. The molecule has 3 N–H and O–H groups in total. The first-order chi connectivity index (χ1) is 20.9. The number of fused-ring (bicyclic) bond motifs is 1. The van der Waals surface area contributed by atoms with Gasteiger partial charge in [-0.25, -0.2) is 9.37 Å². The van der Waals surface area contributed by atoms with E-state index < -0.39 is 17.6 Å². The molecule has 5 rings (SSSR count). The van der Waals surface area contributed by atoms with Crippen molar-refractivity contribution in [1.82, 2.24) is 10.3 Å². The third-order valence-electron chi connectivity index (χ3n) is 6.01. The number of aromatic nitrogens is 1. The van der Waals surface area contributed by atoms with E-state index in [-0.39, 0.29) is 17.4 Å². The summed E-state index contributed by atoms with van der Waals surface area (Å²) in [7, 11) is 1.59. The van der Waals surface area contributed by atoms with E-state index in [2.05, 4.69) is 20.9 Å². The van der Waals surface area contributed by atoms with Crippen molar-refractivity contribution in [2.45, 2.75) is 4.90 Å². The summed E-state index contributed by atoms with van der Waals surface area (Å²) >= 11 is 2.65. The molecule has 11 heteroatoms. The molecule has 43 heavy (non-hydrogen) atoms. The van der Waals surface area contributed by atoms with Gasteiger partial charge in [0.05, 0.1) is 23.1 Å². The summed E-state index contributed by atoms with van der Waals surface area (Å²) in [6.07, 6.45) is 1.47. The number of carbonyl (C=O) groups excluding carboxylic acids is 3. The van der Waals surface area contributed by atoms with Gasteiger partial charge in [0.2, 0.25) is 5.91 Å². The van der Waals surface area contributed by atoms with E-state index in [0.29, 0.717) is 27.7 Å². The lowest BCUT2D eigenvalue weighted by Crippen LogP contribution is -2.30. The minimum absolute atomic E-state index is 0.0219. The van der Waals surface area contributed by atoms with Crippen LogP contribution >= 0.6 is 23.1 Å². The molecule has 8 nitrogen and oxygen atoms in total. The molecule has 0 saturated heterocycles. The first-order valence-electron chi connectivity index (χ1n) is 13.0. The first-order valence-corrected chi connectivity index (χ1v) is 14.8. The Balaban J connectivity index is 1.24. The van der Waals surface area contributed by atoms with Gasteiger partial charge in [0.1, 0.15) is 17.3 Å². The van der Waals surface area contributed by atoms with Crippen molar-refractivity contribution in [2.24, 2.45) is 0 Å². The number of benzene rings is 4. The molecule has 0 aliphatic carbocycles. The monoisotopic (exact) mass is 612 g/mol. The average molecular weight is 613 g/mol. The predicted molar refractivity (Wildman–Crippen MR) is 169 cm³/mol. The molecule has 0 fully saturated rings. The van der Waals surface area contributed by atoms with Gasteiger partial charge in [-0.05, 0) is 72.3 Å². The number of hydrogen-bond donors (Lipinski definition) is 3. The van der Waals surface area contributed by atoms with E-state index in [9.17, 15) is 18.8 Å². The molecular formula is C32H25FN4O4S2. The maximum absolute atomic E-state index is 13.4. The lowest BCUT2D eigenvalue weighted by Gasteiger charge is -2.12. The van der Waals surface area contributed by atoms with Crippen LogP contribution in [0.3, 0.4) is 0 Å². The summed E-state index contributed by atoms with van der Waals surface area (Å²) in [4.78, 5) is 43.9. The van der Waals surface area contributed by atoms with Gasteiger partial charge < -0.3 is 20.7 Å². The van der Waals surface area contributed by atoms with Gasteiger partial charge in [-0.1, -0.05) is 47.7 Å². The van der Waals surface area contributed by atoms with E-state index in [1.165, 1.54) is 53.4 Å². The van der Waals surface area contributed by atoms with Crippen molar-refractivity contribution >= 4 is 67.9 Å². The Labute approximate surface area is 255 Å². The van der Waals surface area contributed by atoms with Crippen LogP contribution in [0, 0.1) is 5.82 Å². The topological polar surface area (TPSA) is 109 Å². The van der Waals surface area contributed by atoms with Crippen molar-refractivity contribution in [3.8, 4) is 5.75 Å². The van der Waals surface area contributed by atoms with Gasteiger partial charge >= 0.3 is 0 Å². The third kappa shape index (κ3) is 8.06. The van der Waals surface area contributed by atoms with Crippen LogP contribution in [0.4, 0.5) is 15.2 Å². The largest absolute Gasteiger partial charge is 0.497 e. The molecule has 216 valence electrons. The molecular weight excluding hydrogens is 588 g/mol. The highest BCUT2D eigenvalue weighted by Crippen LogP contribution is 2.29. The first kappa shape index (κ1) is 29.5. The number of carbonyl (C=O) groups is 3. The van der Waals surface area contributed by atoms with E-state index in [1.807, 2.05) is 24.3 Å². The van der Waals surface area contributed by atoms with Crippen molar-refractivity contribution in [3.63, 3.8) is 0 Å². The van der Waals surface area contributed by atoms with E-state index >= 15 is 0 Å². The Morgan fingerprint density at radius 2 is 1.72 bits per heavy atom. The quantitative estimate of drug-likeness (QED) is 0.121. The van der Waals surface area contributed by atoms with Gasteiger partial charge in [-0.3, -0.25) is 14.4 Å². The molecule has 5 aromatic rings. The molecule has 0 saturated carbocycles. The van der Waals surface area contributed by atoms with Crippen LogP contribution in [0.15, 0.2) is 108 Å². The Morgan fingerprint density at radius 1 is 0.930 bits per heavy atom. The molecule has 0 bridgehead atoms. The molecule has 3 amide bonds. The van der Waals surface area contributed by atoms with Crippen LogP contribution in [0.2, 0.25) is 0 Å². The second-order valence-corrected chi connectivity index (χ2v) is 11.2. The highest BCUT2D eigenvalue weighted by molar-refractivity contribution is 8.00. The Morgan fingerprint density at radius 3 is 2.49 bits per heavy atom. The van der Waals surface area contributed by atoms with Crippen LogP contribution in [0.5, 0.6) is 5.75 Å². The van der Waals surface area contributed by atoms with Crippen LogP contribution < -0.4 is 20.7 Å². The second-order valence-electron chi connectivity index (χ2n) is 9.10. The number of amides is 3. The molecule has 0 aliphatic heterocycles. The highest BCUT2D eigenvalue weighted by atomic mass is 32.2. The maximum Gasteiger partial charge on any atom is 0.272 e. The summed E-state index contributed by atoms with van der Waals surface area (Å²) in [5, 5.41) is 8.77. The zero-order chi connectivity index (χ0) is 30.2. The van der Waals surface area contributed by atoms with Gasteiger partial charge in [-0.2, -0.15) is 0 Å². The zero-order valence-electron chi connectivity index (χ0n) is 22.8. The molecule has 4 aromatic carbocycles. The maximum atomic E-state index is 13.4. The smallest absolute Gasteiger partial charge is 0.272 e. The molecule has 0 spiro atoms. The number of ether oxygens (including phenoxy) is 1. The summed E-state index contributed by atoms with van der Waals surface area (Å²) in [6.45, 7) is 0. The minimum Gasteiger partial charge on any atom is -0.497 e. The number of thiazole rings is 1. The van der Waals surface area contributed by atoms with Crippen LogP contribution in [0.1, 0.15) is 15.9 Å². The lowest BCUT2D eigenvalue weighted by atomic mass is 10.1. The van der Waals surface area contributed by atoms with Crippen LogP contribution in [0.25, 0.3) is 16.3 Å². The molecule has 1 aromatic heterocycles. The van der Waals surface area contributed by atoms with E-state index in [1.54, 1.807) is 55.6 Å². The summed E-state index contributed by atoms with van der Waals surface area (Å²) < 4.78 is 19.6. The molecule has 0 radical (unpaired) electrons. The van der Waals surface area contributed by atoms with Gasteiger partial charge in [0, 0.05) is 16.1 Å². The number of thioether (sulfide) groups is 1. The van der Waals surface area contributed by atoms with Crippen LogP contribution in [-0.4, -0.2) is 35.6 Å². The van der Waals surface area contributed by atoms with E-state index in [4.69, 9.17) is 4.74 Å². The van der Waals surface area contributed by atoms with Crippen molar-refractivity contribution < 1.29 is 23.5 Å². The Kier molecular flexibility index (Phi) is 9.45. The fraction of sp³-hybridized carbons (Fsp3) is 0.0625. The molecule has 0 aliphatic rings. The molecule has 0 atom stereocenters. The van der Waals surface area contributed by atoms with Gasteiger partial charge in [0.25, 0.3) is 11.8 Å². The SMILES string of the molecule is COc1ccc2nc(NC(=O)CSc3cccc(NC(=O)/C(=C/c4ccc(F)cc4)NC(=O)c4ccccc4)c3)sc2c1. The minimum atomic E-state index is -0.569. The fourth-order valence-corrected chi connectivity index (χ4v) is 5.59. The normalized spacial score (nSPS) is 11.2. The molecule has 0 unspecified atom stereocenters. The number of methoxy groups -OCH3 is 1. The summed E-state index contributed by atoms with van der Waals surface area (Å²) in [5.41, 5.74) is 2.12. The second kappa shape index (κ2) is 13.8. The number of nitrogens with one attached hydrogen (secondary N) is 3. The Hall–Kier alpha value is -5.00. The van der Waals surface area contributed by atoms with Crippen molar-refractivity contribution in [1.29, 1.82) is 0 Å². The number of anilines is 2. The lowest BCUT2D eigenvalue weighted by molar-refractivity contribution is -0.114. The van der Waals surface area contributed by atoms with Crippen molar-refractivity contribution in [2.75, 3.05) is 23.5 Å². The van der Waals surface area contributed by atoms with Crippen molar-refractivity contribution in [3.05, 3.63) is 120 Å². The summed E-state index contributed by atoms with van der Waals surface area (Å²) in [5.74, 6) is -0.834. The predicted octanol–water partition coefficient (Wildman–Crippen LogP) is 6.58. The summed E-state index contributed by atoms with van der Waals surface area (Å²) in [6, 6.07) is 26.6. The van der Waals surface area contributed by atoms with Gasteiger partial charge in [0.15, 0.2) is 5.13 Å². The van der Waals surface area contributed by atoms with E-state index in [0.717, 1.165) is 15.1 Å². The number of hydrogen-bond acceptors (Lipinski definition) is 7. The Bertz CT molecular complexity index is 1810.